The van der Waals surface area contributed by atoms with E-state index < -0.39 is 4.92 Å². The first kappa shape index (κ1) is 20.2. The van der Waals surface area contributed by atoms with E-state index in [1.807, 2.05) is 13.0 Å². The molecule has 0 saturated heterocycles. The van der Waals surface area contributed by atoms with Crippen molar-refractivity contribution in [2.45, 2.75) is 25.8 Å². The van der Waals surface area contributed by atoms with Crippen LogP contribution < -0.4 is 5.56 Å². The number of nitro groups is 1. The van der Waals surface area contributed by atoms with Gasteiger partial charge in [0.15, 0.2) is 0 Å². The molecular formula is C21H22N4O4. The summed E-state index contributed by atoms with van der Waals surface area (Å²) in [5.74, 6) is 0.407. The molecule has 0 spiro atoms. The summed E-state index contributed by atoms with van der Waals surface area (Å²) < 4.78 is 1.47. The van der Waals surface area contributed by atoms with Crippen LogP contribution in [0.1, 0.15) is 30.8 Å². The summed E-state index contributed by atoms with van der Waals surface area (Å²) >= 11 is 0. The quantitative estimate of drug-likeness (QED) is 0.473. The van der Waals surface area contributed by atoms with Crippen molar-refractivity contribution < 1.29 is 9.72 Å². The van der Waals surface area contributed by atoms with Gasteiger partial charge in [0.25, 0.3) is 11.2 Å². The third-order valence-corrected chi connectivity index (χ3v) is 5.18. The van der Waals surface area contributed by atoms with Crippen molar-refractivity contribution >= 4 is 22.5 Å². The molecule has 3 aromatic rings. The number of benzene rings is 2. The fraction of sp³-hybridized carbons (Fsp3) is 0.286. The SMILES string of the molecule is C[C@H](c1cccc([N+](=O)[O-])c1)N(C)C(=O)CCc1nc2ccccc2c(=O)n1C. The molecule has 0 aliphatic carbocycles. The topological polar surface area (TPSA) is 98.3 Å². The van der Waals surface area contributed by atoms with Crippen LogP contribution in [-0.2, 0) is 18.3 Å². The molecule has 3 rings (SSSR count). The number of hydrogen-bond acceptors (Lipinski definition) is 5. The maximum atomic E-state index is 12.7. The number of nitro benzene ring substituents is 1. The smallest absolute Gasteiger partial charge is 0.269 e. The summed E-state index contributed by atoms with van der Waals surface area (Å²) in [6.45, 7) is 1.82. The number of non-ortho nitro benzene ring substituents is 1. The van der Waals surface area contributed by atoms with Gasteiger partial charge in [-0.25, -0.2) is 4.98 Å². The minimum atomic E-state index is -0.454. The molecule has 0 aliphatic heterocycles. The molecule has 29 heavy (non-hydrogen) atoms. The number of aryl methyl sites for hydroxylation is 1. The lowest BCUT2D eigenvalue weighted by Crippen LogP contribution is -2.30. The molecule has 8 nitrogen and oxygen atoms in total. The Morgan fingerprint density at radius 1 is 1.24 bits per heavy atom. The zero-order chi connectivity index (χ0) is 21.1. The van der Waals surface area contributed by atoms with Gasteiger partial charge in [-0.2, -0.15) is 0 Å². The highest BCUT2D eigenvalue weighted by molar-refractivity contribution is 5.78. The molecule has 1 amide bonds. The van der Waals surface area contributed by atoms with E-state index >= 15 is 0 Å². The van der Waals surface area contributed by atoms with Gasteiger partial charge < -0.3 is 4.90 Å². The van der Waals surface area contributed by atoms with Crippen molar-refractivity contribution in [2.24, 2.45) is 7.05 Å². The number of amides is 1. The average Bonchev–Trinajstić information content (AvgIpc) is 2.74. The monoisotopic (exact) mass is 394 g/mol. The van der Waals surface area contributed by atoms with Crippen LogP contribution >= 0.6 is 0 Å². The number of carbonyl (C=O) groups excluding carboxylic acids is 1. The lowest BCUT2D eigenvalue weighted by molar-refractivity contribution is -0.384. The number of hydrogen-bond donors (Lipinski definition) is 0. The summed E-state index contributed by atoms with van der Waals surface area (Å²) in [6.07, 6.45) is 0.496. The van der Waals surface area contributed by atoms with E-state index in [4.69, 9.17) is 0 Å². The van der Waals surface area contributed by atoms with E-state index in [1.54, 1.807) is 49.3 Å². The van der Waals surface area contributed by atoms with E-state index in [2.05, 4.69) is 4.98 Å². The van der Waals surface area contributed by atoms with Gasteiger partial charge in [0.05, 0.1) is 21.9 Å². The molecule has 8 heteroatoms. The summed E-state index contributed by atoms with van der Waals surface area (Å²) in [6, 6.07) is 13.1. The molecule has 0 bridgehead atoms. The summed E-state index contributed by atoms with van der Waals surface area (Å²) in [4.78, 5) is 41.8. The standard InChI is InChI=1S/C21H22N4O4/c1-14(15-7-6-8-16(13-15)25(28)29)23(2)20(26)12-11-19-22-18-10-5-4-9-17(18)21(27)24(19)3/h4-10,13-14H,11-12H2,1-3H3/t14-/m1/s1. The first-order valence-electron chi connectivity index (χ1n) is 9.24. The normalized spacial score (nSPS) is 12.0. The molecule has 150 valence electrons. The Bertz CT molecular complexity index is 1140. The lowest BCUT2D eigenvalue weighted by Gasteiger charge is -2.25. The Kier molecular flexibility index (Phi) is 5.72. The third kappa shape index (κ3) is 4.16. The van der Waals surface area contributed by atoms with Gasteiger partial charge in [0.2, 0.25) is 5.91 Å². The van der Waals surface area contributed by atoms with Crippen molar-refractivity contribution in [3.8, 4) is 0 Å². The second-order valence-corrected chi connectivity index (χ2v) is 6.94. The fourth-order valence-corrected chi connectivity index (χ4v) is 3.22. The largest absolute Gasteiger partial charge is 0.339 e. The van der Waals surface area contributed by atoms with Crippen LogP contribution in [-0.4, -0.2) is 32.3 Å². The Morgan fingerprint density at radius 3 is 2.69 bits per heavy atom. The van der Waals surface area contributed by atoms with Crippen LogP contribution in [0.3, 0.4) is 0 Å². The number of fused-ring (bicyclic) bond motifs is 1. The van der Waals surface area contributed by atoms with Crippen LogP contribution in [0.4, 0.5) is 5.69 Å². The van der Waals surface area contributed by atoms with Gasteiger partial charge in [-0.15, -0.1) is 0 Å². The molecule has 0 fully saturated rings. The Morgan fingerprint density at radius 2 is 1.97 bits per heavy atom. The lowest BCUT2D eigenvalue weighted by atomic mass is 10.1. The van der Waals surface area contributed by atoms with Crippen molar-refractivity contribution in [1.82, 2.24) is 14.5 Å². The van der Waals surface area contributed by atoms with Gasteiger partial charge in [-0.1, -0.05) is 24.3 Å². The third-order valence-electron chi connectivity index (χ3n) is 5.18. The summed E-state index contributed by atoms with van der Waals surface area (Å²) in [5, 5.41) is 11.5. The number of carbonyl (C=O) groups is 1. The predicted octanol–water partition coefficient (Wildman–Crippen LogP) is 2.99. The maximum Gasteiger partial charge on any atom is 0.269 e. The molecule has 1 aromatic heterocycles. The van der Waals surface area contributed by atoms with Crippen molar-refractivity contribution in [2.75, 3.05) is 7.05 Å². The summed E-state index contributed by atoms with van der Waals surface area (Å²) in [7, 11) is 3.32. The molecule has 0 N–H and O–H groups in total. The second kappa shape index (κ2) is 8.22. The minimum absolute atomic E-state index is 0.00874. The first-order valence-corrected chi connectivity index (χ1v) is 9.24. The van der Waals surface area contributed by atoms with Gasteiger partial charge in [-0.3, -0.25) is 24.3 Å². The van der Waals surface area contributed by atoms with Gasteiger partial charge >= 0.3 is 0 Å². The molecule has 1 heterocycles. The number of aromatic nitrogens is 2. The Labute approximate surface area is 167 Å². The molecule has 0 radical (unpaired) electrons. The minimum Gasteiger partial charge on any atom is -0.339 e. The van der Waals surface area contributed by atoms with E-state index in [9.17, 15) is 19.7 Å². The molecule has 1 atom stereocenters. The maximum absolute atomic E-state index is 12.7. The van der Waals surface area contributed by atoms with Gasteiger partial charge in [0.1, 0.15) is 5.82 Å². The van der Waals surface area contributed by atoms with E-state index in [0.717, 1.165) is 0 Å². The number of nitrogens with zero attached hydrogens (tertiary/aromatic N) is 4. The molecule has 2 aromatic carbocycles. The number of rotatable bonds is 6. The molecule has 0 saturated carbocycles. The Balaban J connectivity index is 1.74. The van der Waals surface area contributed by atoms with Crippen LogP contribution in [0, 0.1) is 10.1 Å². The van der Waals surface area contributed by atoms with Gasteiger partial charge in [-0.05, 0) is 24.6 Å². The van der Waals surface area contributed by atoms with Gasteiger partial charge in [0, 0.05) is 39.1 Å². The highest BCUT2D eigenvalue weighted by Gasteiger charge is 2.20. The molecule has 0 unspecified atom stereocenters. The van der Waals surface area contributed by atoms with Crippen LogP contribution in [0.15, 0.2) is 53.3 Å². The van der Waals surface area contributed by atoms with E-state index in [1.165, 1.54) is 16.7 Å². The highest BCUT2D eigenvalue weighted by atomic mass is 16.6. The van der Waals surface area contributed by atoms with Crippen LogP contribution in [0.5, 0.6) is 0 Å². The van der Waals surface area contributed by atoms with Crippen LogP contribution in [0.2, 0.25) is 0 Å². The predicted molar refractivity (Wildman–Crippen MR) is 110 cm³/mol. The second-order valence-electron chi connectivity index (χ2n) is 6.94. The zero-order valence-corrected chi connectivity index (χ0v) is 16.5. The Hall–Kier alpha value is -3.55. The average molecular weight is 394 g/mol. The number of para-hydroxylation sites is 1. The highest BCUT2D eigenvalue weighted by Crippen LogP contribution is 2.23. The van der Waals surface area contributed by atoms with E-state index in [0.29, 0.717) is 28.7 Å². The van der Waals surface area contributed by atoms with Crippen molar-refractivity contribution in [1.29, 1.82) is 0 Å². The van der Waals surface area contributed by atoms with Crippen molar-refractivity contribution in [3.63, 3.8) is 0 Å². The molecular weight excluding hydrogens is 372 g/mol. The first-order chi connectivity index (χ1) is 13.8. The fourth-order valence-electron chi connectivity index (χ4n) is 3.22. The zero-order valence-electron chi connectivity index (χ0n) is 16.5. The molecule has 0 aliphatic rings. The van der Waals surface area contributed by atoms with E-state index in [-0.39, 0.29) is 29.6 Å². The van der Waals surface area contributed by atoms with Crippen LogP contribution in [0.25, 0.3) is 10.9 Å². The summed E-state index contributed by atoms with van der Waals surface area (Å²) in [5.41, 5.74) is 1.14. The van der Waals surface area contributed by atoms with Crippen molar-refractivity contribution in [3.05, 3.63) is 80.4 Å².